The van der Waals surface area contributed by atoms with Crippen LogP contribution in [0.25, 0.3) is 11.0 Å². The van der Waals surface area contributed by atoms with Gasteiger partial charge in [0, 0.05) is 10.9 Å². The van der Waals surface area contributed by atoms with Crippen LogP contribution in [-0.4, -0.2) is 12.8 Å². The molecule has 3 nitrogen and oxygen atoms in total. The van der Waals surface area contributed by atoms with Gasteiger partial charge in [-0.05, 0) is 12.1 Å². The van der Waals surface area contributed by atoms with E-state index in [1.807, 2.05) is 60.7 Å². The Morgan fingerprint density at radius 2 is 1.74 bits per heavy atom. The number of benzene rings is 2. The first-order valence-corrected chi connectivity index (χ1v) is 6.04. The fourth-order valence-electron chi connectivity index (χ4n) is 2.03. The van der Waals surface area contributed by atoms with Crippen LogP contribution in [0, 0.1) is 0 Å². The SMILES string of the molecule is CO/N=C(\c1ccccc1)c1cc2ccccc2o1. The van der Waals surface area contributed by atoms with Gasteiger partial charge in [0.2, 0.25) is 0 Å². The summed E-state index contributed by atoms with van der Waals surface area (Å²) in [6.45, 7) is 0. The van der Waals surface area contributed by atoms with E-state index in [0.29, 0.717) is 11.5 Å². The third-order valence-electron chi connectivity index (χ3n) is 2.89. The lowest BCUT2D eigenvalue weighted by Gasteiger charge is -2.02. The van der Waals surface area contributed by atoms with Crippen LogP contribution in [0.5, 0.6) is 0 Å². The van der Waals surface area contributed by atoms with Crippen LogP contribution in [0.3, 0.4) is 0 Å². The van der Waals surface area contributed by atoms with Crippen molar-refractivity contribution in [1.29, 1.82) is 0 Å². The van der Waals surface area contributed by atoms with Crippen LogP contribution in [0.1, 0.15) is 11.3 Å². The fraction of sp³-hybridized carbons (Fsp3) is 0.0625. The molecule has 0 amide bonds. The standard InChI is InChI=1S/C16H13NO2/c1-18-17-16(12-7-3-2-4-8-12)15-11-13-9-5-6-10-14(13)19-15/h2-11H,1H3/b17-16+. The largest absolute Gasteiger partial charge is 0.454 e. The summed E-state index contributed by atoms with van der Waals surface area (Å²) in [4.78, 5) is 4.94. The Morgan fingerprint density at radius 1 is 1.00 bits per heavy atom. The first-order valence-electron chi connectivity index (χ1n) is 6.04. The van der Waals surface area contributed by atoms with Crippen molar-refractivity contribution in [3.8, 4) is 0 Å². The van der Waals surface area contributed by atoms with Gasteiger partial charge in [0.15, 0.2) is 11.5 Å². The zero-order chi connectivity index (χ0) is 13.1. The van der Waals surface area contributed by atoms with Gasteiger partial charge in [-0.25, -0.2) is 0 Å². The van der Waals surface area contributed by atoms with Crippen molar-refractivity contribution in [2.24, 2.45) is 5.16 Å². The summed E-state index contributed by atoms with van der Waals surface area (Å²) in [5.74, 6) is 0.703. The Labute approximate surface area is 111 Å². The van der Waals surface area contributed by atoms with Crippen molar-refractivity contribution in [2.45, 2.75) is 0 Å². The number of hydrogen-bond donors (Lipinski definition) is 0. The normalized spacial score (nSPS) is 11.7. The molecule has 1 heterocycles. The van der Waals surface area contributed by atoms with Crippen molar-refractivity contribution >= 4 is 16.7 Å². The molecule has 0 spiro atoms. The minimum absolute atomic E-state index is 0.694. The second kappa shape index (κ2) is 4.98. The van der Waals surface area contributed by atoms with E-state index >= 15 is 0 Å². The lowest BCUT2D eigenvalue weighted by atomic mass is 10.1. The highest BCUT2D eigenvalue weighted by atomic mass is 16.6. The molecule has 19 heavy (non-hydrogen) atoms. The van der Waals surface area contributed by atoms with Crippen LogP contribution < -0.4 is 0 Å². The van der Waals surface area contributed by atoms with Gasteiger partial charge in [-0.2, -0.15) is 0 Å². The van der Waals surface area contributed by atoms with Gasteiger partial charge in [-0.15, -0.1) is 0 Å². The molecule has 94 valence electrons. The first-order chi connectivity index (χ1) is 9.38. The average molecular weight is 251 g/mol. The summed E-state index contributed by atoms with van der Waals surface area (Å²) in [7, 11) is 1.53. The molecule has 3 heteroatoms. The van der Waals surface area contributed by atoms with E-state index in [-0.39, 0.29) is 0 Å². The van der Waals surface area contributed by atoms with Crippen LogP contribution in [0.2, 0.25) is 0 Å². The number of furan rings is 1. The lowest BCUT2D eigenvalue weighted by molar-refractivity contribution is 0.213. The molecule has 0 saturated carbocycles. The summed E-state index contributed by atoms with van der Waals surface area (Å²) in [6, 6.07) is 19.7. The molecule has 0 unspecified atom stereocenters. The number of fused-ring (bicyclic) bond motifs is 1. The predicted molar refractivity (Wildman–Crippen MR) is 75.3 cm³/mol. The third-order valence-corrected chi connectivity index (χ3v) is 2.89. The molecule has 0 aliphatic carbocycles. The minimum atomic E-state index is 0.694. The summed E-state index contributed by atoms with van der Waals surface area (Å²) < 4.78 is 5.83. The van der Waals surface area contributed by atoms with E-state index in [4.69, 9.17) is 9.25 Å². The quantitative estimate of drug-likeness (QED) is 0.523. The van der Waals surface area contributed by atoms with Crippen molar-refractivity contribution in [2.75, 3.05) is 7.11 Å². The van der Waals surface area contributed by atoms with E-state index in [1.165, 1.54) is 7.11 Å². The number of rotatable bonds is 3. The second-order valence-corrected chi connectivity index (χ2v) is 4.14. The average Bonchev–Trinajstić information content (AvgIpc) is 2.89. The first kappa shape index (κ1) is 11.5. The molecule has 0 radical (unpaired) electrons. The lowest BCUT2D eigenvalue weighted by Crippen LogP contribution is -2.02. The highest BCUT2D eigenvalue weighted by Gasteiger charge is 2.13. The molecule has 0 bridgehead atoms. The molecule has 1 aromatic heterocycles. The molecule has 0 aliphatic heterocycles. The summed E-state index contributed by atoms with van der Waals surface area (Å²) in [6.07, 6.45) is 0. The number of hydrogen-bond acceptors (Lipinski definition) is 3. The van der Waals surface area contributed by atoms with Crippen LogP contribution in [0.4, 0.5) is 0 Å². The van der Waals surface area contributed by atoms with Crippen molar-refractivity contribution in [3.05, 3.63) is 72.0 Å². The van der Waals surface area contributed by atoms with E-state index < -0.39 is 0 Å². The maximum absolute atomic E-state index is 5.83. The summed E-state index contributed by atoms with van der Waals surface area (Å²) in [5.41, 5.74) is 2.50. The monoisotopic (exact) mass is 251 g/mol. The van der Waals surface area contributed by atoms with Crippen molar-refractivity contribution in [1.82, 2.24) is 0 Å². The van der Waals surface area contributed by atoms with Gasteiger partial charge in [0.05, 0.1) is 0 Å². The van der Waals surface area contributed by atoms with Crippen molar-refractivity contribution < 1.29 is 9.25 Å². The number of oxime groups is 1. The molecule has 2 aromatic carbocycles. The van der Waals surface area contributed by atoms with Gasteiger partial charge in [0.1, 0.15) is 12.7 Å². The molecule has 3 rings (SSSR count). The Kier molecular flexibility index (Phi) is 3.02. The molecule has 0 N–H and O–H groups in total. The minimum Gasteiger partial charge on any atom is -0.454 e. The second-order valence-electron chi connectivity index (χ2n) is 4.14. The van der Waals surface area contributed by atoms with Gasteiger partial charge < -0.3 is 9.25 Å². The van der Waals surface area contributed by atoms with Crippen molar-refractivity contribution in [3.63, 3.8) is 0 Å². The van der Waals surface area contributed by atoms with Gasteiger partial charge in [-0.3, -0.25) is 0 Å². The summed E-state index contributed by atoms with van der Waals surface area (Å²) in [5, 5.41) is 5.14. The Balaban J connectivity index is 2.13. The predicted octanol–water partition coefficient (Wildman–Crippen LogP) is 3.83. The van der Waals surface area contributed by atoms with Gasteiger partial charge >= 0.3 is 0 Å². The Hall–Kier alpha value is -2.55. The molecule has 0 saturated heterocycles. The van der Waals surface area contributed by atoms with E-state index in [1.54, 1.807) is 0 Å². The van der Waals surface area contributed by atoms with E-state index in [9.17, 15) is 0 Å². The number of para-hydroxylation sites is 1. The third kappa shape index (κ3) is 2.22. The highest BCUT2D eigenvalue weighted by molar-refractivity contribution is 6.12. The molecule has 0 fully saturated rings. The molecule has 3 aromatic rings. The highest BCUT2D eigenvalue weighted by Crippen LogP contribution is 2.21. The van der Waals surface area contributed by atoms with Gasteiger partial charge in [0.25, 0.3) is 0 Å². The smallest absolute Gasteiger partial charge is 0.157 e. The van der Waals surface area contributed by atoms with E-state index in [2.05, 4.69) is 5.16 Å². The zero-order valence-electron chi connectivity index (χ0n) is 10.5. The van der Waals surface area contributed by atoms with Crippen LogP contribution in [-0.2, 0) is 4.84 Å². The Bertz CT molecular complexity index is 681. The molecule has 0 atom stereocenters. The maximum atomic E-state index is 5.83. The fourth-order valence-corrected chi connectivity index (χ4v) is 2.03. The van der Waals surface area contributed by atoms with E-state index in [0.717, 1.165) is 16.5 Å². The molecule has 0 aliphatic rings. The number of nitrogens with zero attached hydrogens (tertiary/aromatic N) is 1. The van der Waals surface area contributed by atoms with Gasteiger partial charge in [-0.1, -0.05) is 53.7 Å². The maximum Gasteiger partial charge on any atom is 0.157 e. The van der Waals surface area contributed by atoms with Crippen LogP contribution in [0.15, 0.2) is 70.2 Å². The molecular weight excluding hydrogens is 238 g/mol. The Morgan fingerprint density at radius 3 is 2.47 bits per heavy atom. The zero-order valence-corrected chi connectivity index (χ0v) is 10.5. The topological polar surface area (TPSA) is 34.7 Å². The summed E-state index contributed by atoms with van der Waals surface area (Å²) >= 11 is 0. The molecular formula is C16H13NO2. The van der Waals surface area contributed by atoms with Crippen LogP contribution >= 0.6 is 0 Å².